The van der Waals surface area contributed by atoms with Crippen LogP contribution in [0.3, 0.4) is 0 Å². The second-order valence-electron chi connectivity index (χ2n) is 7.19. The molecule has 1 aromatic carbocycles. The van der Waals surface area contributed by atoms with E-state index < -0.39 is 15.9 Å². The van der Waals surface area contributed by atoms with Crippen molar-refractivity contribution in [2.75, 3.05) is 16.4 Å². The normalized spacial score (nSPS) is 15.8. The first kappa shape index (κ1) is 21.0. The first-order chi connectivity index (χ1) is 13.8. The molecule has 9 nitrogen and oxygen atoms in total. The quantitative estimate of drug-likeness (QED) is 0.676. The maximum absolute atomic E-state index is 12.2. The summed E-state index contributed by atoms with van der Waals surface area (Å²) in [6.07, 6.45) is 6.05. The third-order valence-electron chi connectivity index (χ3n) is 5.07. The van der Waals surface area contributed by atoms with Crippen LogP contribution in [-0.4, -0.2) is 46.0 Å². The monoisotopic (exact) mass is 419 g/mol. The molecule has 0 saturated heterocycles. The van der Waals surface area contributed by atoms with Gasteiger partial charge in [-0.15, -0.1) is 0 Å². The Bertz CT molecular complexity index is 935. The molecule has 2 amide bonds. The molecule has 1 fully saturated rings. The lowest BCUT2D eigenvalue weighted by atomic mass is 10.2. The Morgan fingerprint density at radius 1 is 1.14 bits per heavy atom. The highest BCUT2D eigenvalue weighted by Crippen LogP contribution is 2.25. The van der Waals surface area contributed by atoms with Gasteiger partial charge < -0.3 is 10.6 Å². The lowest BCUT2D eigenvalue weighted by Gasteiger charge is -2.13. The summed E-state index contributed by atoms with van der Waals surface area (Å²) in [5.74, 6) is -0.717. The smallest absolute Gasteiger partial charge is 0.249 e. The van der Waals surface area contributed by atoms with E-state index >= 15 is 0 Å². The minimum absolute atomic E-state index is 0.0628. The highest BCUT2D eigenvalue weighted by atomic mass is 32.2. The van der Waals surface area contributed by atoms with Crippen LogP contribution in [0, 0.1) is 0 Å². The number of nitrogens with one attached hydrogen (secondary N) is 2. The molecule has 1 aromatic heterocycles. The van der Waals surface area contributed by atoms with Crippen LogP contribution in [0.4, 0.5) is 11.4 Å². The zero-order chi connectivity index (χ0) is 20.9. The van der Waals surface area contributed by atoms with Gasteiger partial charge in [-0.05, 0) is 44.0 Å². The third kappa shape index (κ3) is 5.63. The number of benzene rings is 1. The molecule has 1 atom stereocenters. The van der Waals surface area contributed by atoms with Crippen molar-refractivity contribution in [1.29, 1.82) is 0 Å². The summed E-state index contributed by atoms with van der Waals surface area (Å²) in [6.45, 7) is 1.71. The number of carbonyl (C=O) groups excluding carboxylic acids is 2. The van der Waals surface area contributed by atoms with E-state index in [0.717, 1.165) is 12.8 Å². The molecule has 0 aliphatic heterocycles. The second kappa shape index (κ2) is 9.17. The van der Waals surface area contributed by atoms with E-state index in [1.54, 1.807) is 31.2 Å². The Morgan fingerprint density at radius 2 is 1.76 bits per heavy atom. The zero-order valence-corrected chi connectivity index (χ0v) is 17.1. The molecular weight excluding hydrogens is 394 g/mol. The summed E-state index contributed by atoms with van der Waals surface area (Å²) >= 11 is 0. The summed E-state index contributed by atoms with van der Waals surface area (Å²) in [4.78, 5) is 28.2. The van der Waals surface area contributed by atoms with E-state index in [2.05, 4.69) is 20.7 Å². The van der Waals surface area contributed by atoms with Crippen LogP contribution in [-0.2, 0) is 19.4 Å². The fraction of sp³-hybridized carbons (Fsp3) is 0.474. The SMILES string of the molecule is C[C@@H](C(=O)Nc1ccc(NC(=O)CCS(=O)(=O)C2CCCC2)cc1)n1cncn1. The third-order valence-corrected chi connectivity index (χ3v) is 7.33. The average Bonchev–Trinajstić information content (AvgIpc) is 3.41. The van der Waals surface area contributed by atoms with Crippen LogP contribution in [0.25, 0.3) is 0 Å². The van der Waals surface area contributed by atoms with Gasteiger partial charge >= 0.3 is 0 Å². The van der Waals surface area contributed by atoms with Gasteiger partial charge in [0.05, 0.1) is 11.0 Å². The molecule has 1 saturated carbocycles. The highest BCUT2D eigenvalue weighted by molar-refractivity contribution is 7.92. The van der Waals surface area contributed by atoms with Gasteiger partial charge in [0.1, 0.15) is 18.7 Å². The molecular formula is C19H25N5O4S. The maximum Gasteiger partial charge on any atom is 0.249 e. The van der Waals surface area contributed by atoms with Gasteiger partial charge in [0.25, 0.3) is 0 Å². The lowest BCUT2D eigenvalue weighted by molar-refractivity contribution is -0.119. The standard InChI is InChI=1S/C19H25N5O4S/c1-14(24-13-20-12-21-24)19(26)23-16-8-6-15(7-9-16)22-18(25)10-11-29(27,28)17-4-2-3-5-17/h6-9,12-14,17H,2-5,10-11H2,1H3,(H,22,25)(H,23,26)/t14-/m0/s1. The molecule has 3 rings (SSSR count). The number of nitrogens with zero attached hydrogens (tertiary/aromatic N) is 3. The van der Waals surface area contributed by atoms with Crippen LogP contribution >= 0.6 is 0 Å². The van der Waals surface area contributed by atoms with Crippen molar-refractivity contribution in [3.05, 3.63) is 36.9 Å². The van der Waals surface area contributed by atoms with E-state index in [4.69, 9.17) is 0 Å². The van der Waals surface area contributed by atoms with E-state index in [-0.39, 0.29) is 29.2 Å². The zero-order valence-electron chi connectivity index (χ0n) is 16.2. The number of rotatable bonds is 8. The first-order valence-corrected chi connectivity index (χ1v) is 11.3. The van der Waals surface area contributed by atoms with Gasteiger partial charge in [-0.1, -0.05) is 12.8 Å². The average molecular weight is 420 g/mol. The van der Waals surface area contributed by atoms with Crippen molar-refractivity contribution in [1.82, 2.24) is 14.8 Å². The second-order valence-corrected chi connectivity index (χ2v) is 9.59. The van der Waals surface area contributed by atoms with Crippen LogP contribution in [0.15, 0.2) is 36.9 Å². The number of aromatic nitrogens is 3. The molecule has 0 bridgehead atoms. The Morgan fingerprint density at radius 3 is 2.34 bits per heavy atom. The van der Waals surface area contributed by atoms with Gasteiger partial charge in [-0.2, -0.15) is 5.10 Å². The van der Waals surface area contributed by atoms with Crippen molar-refractivity contribution in [2.45, 2.75) is 50.3 Å². The predicted molar refractivity (Wildman–Crippen MR) is 109 cm³/mol. The van der Waals surface area contributed by atoms with E-state index in [1.807, 2.05) is 0 Å². The molecule has 0 unspecified atom stereocenters. The van der Waals surface area contributed by atoms with Gasteiger partial charge in [0.2, 0.25) is 11.8 Å². The van der Waals surface area contributed by atoms with Crippen LogP contribution in [0.2, 0.25) is 0 Å². The predicted octanol–water partition coefficient (Wildman–Crippen LogP) is 2.16. The van der Waals surface area contributed by atoms with Gasteiger partial charge in [0.15, 0.2) is 9.84 Å². The Kier molecular flexibility index (Phi) is 6.63. The fourth-order valence-corrected chi connectivity index (χ4v) is 5.15. The van der Waals surface area contributed by atoms with Crippen molar-refractivity contribution in [3.8, 4) is 0 Å². The number of anilines is 2. The highest BCUT2D eigenvalue weighted by Gasteiger charge is 2.28. The molecule has 0 radical (unpaired) electrons. The van der Waals surface area contributed by atoms with Crippen molar-refractivity contribution in [2.24, 2.45) is 0 Å². The molecule has 2 N–H and O–H groups in total. The topological polar surface area (TPSA) is 123 Å². The molecule has 10 heteroatoms. The molecule has 156 valence electrons. The van der Waals surface area contributed by atoms with E-state index in [9.17, 15) is 18.0 Å². The minimum atomic E-state index is -3.21. The summed E-state index contributed by atoms with van der Waals surface area (Å²) in [5.41, 5.74) is 1.11. The van der Waals surface area contributed by atoms with E-state index in [0.29, 0.717) is 24.2 Å². The molecule has 0 spiro atoms. The molecule has 2 aromatic rings. The number of hydrogen-bond donors (Lipinski definition) is 2. The summed E-state index contributed by atoms with van der Waals surface area (Å²) in [7, 11) is -3.21. The van der Waals surface area contributed by atoms with E-state index in [1.165, 1.54) is 17.3 Å². The summed E-state index contributed by atoms with van der Waals surface area (Å²) in [5, 5.41) is 9.11. The Balaban J connectivity index is 1.48. The molecule has 1 aliphatic rings. The van der Waals surface area contributed by atoms with Crippen LogP contribution < -0.4 is 10.6 Å². The van der Waals surface area contributed by atoms with Gasteiger partial charge in [-0.25, -0.2) is 18.1 Å². The first-order valence-electron chi connectivity index (χ1n) is 9.61. The van der Waals surface area contributed by atoms with Gasteiger partial charge in [-0.3, -0.25) is 9.59 Å². The Hall–Kier alpha value is -2.75. The van der Waals surface area contributed by atoms with Gasteiger partial charge in [0, 0.05) is 17.8 Å². The lowest BCUT2D eigenvalue weighted by Crippen LogP contribution is -2.24. The molecule has 1 heterocycles. The molecule has 29 heavy (non-hydrogen) atoms. The fourth-order valence-electron chi connectivity index (χ4n) is 3.29. The summed E-state index contributed by atoms with van der Waals surface area (Å²) in [6, 6.07) is 6.12. The number of carbonyl (C=O) groups is 2. The van der Waals surface area contributed by atoms with Crippen LogP contribution in [0.1, 0.15) is 45.1 Å². The molecule has 1 aliphatic carbocycles. The number of sulfone groups is 1. The maximum atomic E-state index is 12.2. The van der Waals surface area contributed by atoms with Crippen LogP contribution in [0.5, 0.6) is 0 Å². The van der Waals surface area contributed by atoms with Crippen molar-refractivity contribution >= 4 is 33.0 Å². The van der Waals surface area contributed by atoms with Crippen molar-refractivity contribution in [3.63, 3.8) is 0 Å². The summed E-state index contributed by atoms with van der Waals surface area (Å²) < 4.78 is 25.9. The number of hydrogen-bond acceptors (Lipinski definition) is 6. The largest absolute Gasteiger partial charge is 0.326 e. The minimum Gasteiger partial charge on any atom is -0.326 e. The van der Waals surface area contributed by atoms with Crippen molar-refractivity contribution < 1.29 is 18.0 Å². The Labute approximate surface area is 169 Å². The number of amides is 2.